The third-order valence-corrected chi connectivity index (χ3v) is 4.28. The number of carbonyl (C=O) groups excluding carboxylic acids is 2. The lowest BCUT2D eigenvalue weighted by Crippen LogP contribution is -2.43. The molecule has 0 aliphatic heterocycles. The lowest BCUT2D eigenvalue weighted by molar-refractivity contribution is -0.144. The maximum atomic E-state index is 12.6. The summed E-state index contributed by atoms with van der Waals surface area (Å²) in [6, 6.07) is 17.2. The normalized spacial score (nSPS) is 11.3. The Labute approximate surface area is 156 Å². The molecule has 0 fully saturated rings. The molecule has 2 aromatic rings. The van der Waals surface area contributed by atoms with Crippen LogP contribution in [0.4, 0.5) is 5.69 Å². The van der Waals surface area contributed by atoms with E-state index in [1.165, 1.54) is 5.56 Å². The van der Waals surface area contributed by atoms with Crippen molar-refractivity contribution in [3.8, 4) is 0 Å². The van der Waals surface area contributed by atoms with Gasteiger partial charge in [-0.15, -0.1) is 0 Å². The molecule has 0 saturated heterocycles. The van der Waals surface area contributed by atoms with Gasteiger partial charge in [-0.1, -0.05) is 63.2 Å². The SMILES string of the molecule is CC(C)N(Cc1ccccc1)C(=O)C(=O)Nc1ccc(C(C)(C)C)cc1. The van der Waals surface area contributed by atoms with Gasteiger partial charge in [-0.05, 0) is 42.5 Å². The van der Waals surface area contributed by atoms with Gasteiger partial charge in [0.2, 0.25) is 0 Å². The highest BCUT2D eigenvalue weighted by atomic mass is 16.2. The second-order valence-corrected chi connectivity index (χ2v) is 7.79. The van der Waals surface area contributed by atoms with Gasteiger partial charge >= 0.3 is 11.8 Å². The van der Waals surface area contributed by atoms with E-state index in [4.69, 9.17) is 0 Å². The highest BCUT2D eigenvalue weighted by Gasteiger charge is 2.24. The van der Waals surface area contributed by atoms with E-state index < -0.39 is 11.8 Å². The molecule has 0 spiro atoms. The summed E-state index contributed by atoms with van der Waals surface area (Å²) in [6.45, 7) is 10.6. The molecular weight excluding hydrogens is 324 g/mol. The Balaban J connectivity index is 2.07. The summed E-state index contributed by atoms with van der Waals surface area (Å²) in [5, 5.41) is 2.71. The molecule has 0 atom stereocenters. The number of carbonyl (C=O) groups is 2. The monoisotopic (exact) mass is 352 g/mol. The molecule has 0 aliphatic rings. The zero-order valence-electron chi connectivity index (χ0n) is 16.2. The molecule has 138 valence electrons. The van der Waals surface area contributed by atoms with Crippen LogP contribution in [0.25, 0.3) is 0 Å². The van der Waals surface area contributed by atoms with Gasteiger partial charge in [0.05, 0.1) is 0 Å². The molecular formula is C22H28N2O2. The Morgan fingerprint density at radius 2 is 1.54 bits per heavy atom. The van der Waals surface area contributed by atoms with Crippen LogP contribution in [0.2, 0.25) is 0 Å². The van der Waals surface area contributed by atoms with Crippen molar-refractivity contribution in [1.82, 2.24) is 4.90 Å². The molecule has 1 N–H and O–H groups in total. The van der Waals surface area contributed by atoms with Crippen LogP contribution in [0.15, 0.2) is 54.6 Å². The molecule has 0 heterocycles. The first-order valence-electron chi connectivity index (χ1n) is 8.95. The van der Waals surface area contributed by atoms with Gasteiger partial charge in [-0.3, -0.25) is 9.59 Å². The van der Waals surface area contributed by atoms with Gasteiger partial charge in [0, 0.05) is 18.3 Å². The first-order valence-corrected chi connectivity index (χ1v) is 8.95. The summed E-state index contributed by atoms with van der Waals surface area (Å²) >= 11 is 0. The van der Waals surface area contributed by atoms with E-state index in [0.29, 0.717) is 12.2 Å². The van der Waals surface area contributed by atoms with Crippen molar-refractivity contribution in [3.05, 3.63) is 65.7 Å². The van der Waals surface area contributed by atoms with Crippen molar-refractivity contribution in [2.24, 2.45) is 0 Å². The van der Waals surface area contributed by atoms with Crippen molar-refractivity contribution in [3.63, 3.8) is 0 Å². The Kier molecular flexibility index (Phi) is 6.19. The second kappa shape index (κ2) is 8.17. The summed E-state index contributed by atoms with van der Waals surface area (Å²) in [6.07, 6.45) is 0. The summed E-state index contributed by atoms with van der Waals surface area (Å²) in [7, 11) is 0. The van der Waals surface area contributed by atoms with Crippen molar-refractivity contribution >= 4 is 17.5 Å². The van der Waals surface area contributed by atoms with E-state index >= 15 is 0 Å². The minimum Gasteiger partial charge on any atom is -0.328 e. The Morgan fingerprint density at radius 3 is 2.04 bits per heavy atom. The zero-order chi connectivity index (χ0) is 19.3. The molecule has 0 bridgehead atoms. The van der Waals surface area contributed by atoms with Gasteiger partial charge in [0.25, 0.3) is 0 Å². The molecule has 2 aromatic carbocycles. The number of hydrogen-bond acceptors (Lipinski definition) is 2. The van der Waals surface area contributed by atoms with E-state index in [9.17, 15) is 9.59 Å². The fourth-order valence-electron chi connectivity index (χ4n) is 2.64. The molecule has 4 heteroatoms. The third kappa shape index (κ3) is 5.19. The topological polar surface area (TPSA) is 49.4 Å². The van der Waals surface area contributed by atoms with Crippen LogP contribution < -0.4 is 5.32 Å². The second-order valence-electron chi connectivity index (χ2n) is 7.79. The van der Waals surface area contributed by atoms with Gasteiger partial charge in [-0.2, -0.15) is 0 Å². The average Bonchev–Trinajstić information content (AvgIpc) is 2.59. The maximum absolute atomic E-state index is 12.6. The van der Waals surface area contributed by atoms with E-state index in [1.54, 1.807) is 4.90 Å². The minimum absolute atomic E-state index is 0.0441. The molecule has 0 saturated carbocycles. The quantitative estimate of drug-likeness (QED) is 0.831. The average molecular weight is 352 g/mol. The molecule has 2 rings (SSSR count). The highest BCUT2D eigenvalue weighted by Crippen LogP contribution is 2.23. The summed E-state index contributed by atoms with van der Waals surface area (Å²) < 4.78 is 0. The predicted molar refractivity (Wildman–Crippen MR) is 106 cm³/mol. The van der Waals surface area contributed by atoms with Crippen molar-refractivity contribution in [2.75, 3.05) is 5.32 Å². The summed E-state index contributed by atoms with van der Waals surface area (Å²) in [5.41, 5.74) is 2.84. The van der Waals surface area contributed by atoms with E-state index in [0.717, 1.165) is 5.56 Å². The number of amides is 2. The molecule has 2 amide bonds. The lowest BCUT2D eigenvalue weighted by Gasteiger charge is -2.26. The number of rotatable bonds is 4. The molecule has 0 radical (unpaired) electrons. The highest BCUT2D eigenvalue weighted by molar-refractivity contribution is 6.39. The van der Waals surface area contributed by atoms with E-state index in [-0.39, 0.29) is 11.5 Å². The molecule has 0 unspecified atom stereocenters. The van der Waals surface area contributed by atoms with Gasteiger partial charge in [0.1, 0.15) is 0 Å². The Morgan fingerprint density at radius 1 is 0.962 bits per heavy atom. The van der Waals surface area contributed by atoms with E-state index in [1.807, 2.05) is 68.4 Å². The van der Waals surface area contributed by atoms with Crippen molar-refractivity contribution in [1.29, 1.82) is 0 Å². The Bertz CT molecular complexity index is 744. The van der Waals surface area contributed by atoms with Crippen LogP contribution in [0.3, 0.4) is 0 Å². The number of nitrogens with one attached hydrogen (secondary N) is 1. The van der Waals surface area contributed by atoms with Crippen LogP contribution in [0.5, 0.6) is 0 Å². The van der Waals surface area contributed by atoms with Crippen LogP contribution in [-0.2, 0) is 21.5 Å². The van der Waals surface area contributed by atoms with Crippen LogP contribution in [0.1, 0.15) is 45.7 Å². The van der Waals surface area contributed by atoms with Crippen LogP contribution in [-0.4, -0.2) is 22.8 Å². The lowest BCUT2D eigenvalue weighted by atomic mass is 9.87. The van der Waals surface area contributed by atoms with Crippen molar-refractivity contribution in [2.45, 2.75) is 52.6 Å². The number of nitrogens with zero attached hydrogens (tertiary/aromatic N) is 1. The zero-order valence-corrected chi connectivity index (χ0v) is 16.2. The van der Waals surface area contributed by atoms with E-state index in [2.05, 4.69) is 26.1 Å². The molecule has 26 heavy (non-hydrogen) atoms. The standard InChI is InChI=1S/C22H28N2O2/c1-16(2)24(15-17-9-7-6-8-10-17)21(26)20(25)23-19-13-11-18(12-14-19)22(3,4)5/h6-14,16H,15H2,1-5H3,(H,23,25). The number of benzene rings is 2. The van der Waals surface area contributed by atoms with Crippen molar-refractivity contribution < 1.29 is 9.59 Å². The molecule has 0 aromatic heterocycles. The fraction of sp³-hybridized carbons (Fsp3) is 0.364. The van der Waals surface area contributed by atoms with Crippen LogP contribution in [0, 0.1) is 0 Å². The first-order chi connectivity index (χ1) is 12.2. The molecule has 4 nitrogen and oxygen atoms in total. The third-order valence-electron chi connectivity index (χ3n) is 4.28. The first kappa shape index (κ1) is 19.7. The summed E-state index contributed by atoms with van der Waals surface area (Å²) in [5.74, 6) is -1.14. The predicted octanol–water partition coefficient (Wildman–Crippen LogP) is 4.36. The van der Waals surface area contributed by atoms with Gasteiger partial charge in [0.15, 0.2) is 0 Å². The van der Waals surface area contributed by atoms with Gasteiger partial charge in [-0.25, -0.2) is 0 Å². The fourth-order valence-corrected chi connectivity index (χ4v) is 2.64. The molecule has 0 aliphatic carbocycles. The Hall–Kier alpha value is -2.62. The number of anilines is 1. The minimum atomic E-state index is -0.613. The van der Waals surface area contributed by atoms with Gasteiger partial charge < -0.3 is 10.2 Å². The number of hydrogen-bond donors (Lipinski definition) is 1. The largest absolute Gasteiger partial charge is 0.328 e. The maximum Gasteiger partial charge on any atom is 0.313 e. The smallest absolute Gasteiger partial charge is 0.313 e. The van der Waals surface area contributed by atoms with Crippen LogP contribution >= 0.6 is 0 Å². The summed E-state index contributed by atoms with van der Waals surface area (Å²) in [4.78, 5) is 26.6.